The molecule has 1 heterocycles. The van der Waals surface area contributed by atoms with E-state index in [1.165, 1.54) is 184 Å². The molecule has 8 aliphatic rings. The van der Waals surface area contributed by atoms with Crippen LogP contribution in [0, 0.1) is 23.7 Å². The Bertz CT molecular complexity index is 3140. The van der Waals surface area contributed by atoms with Crippen molar-refractivity contribution in [1.29, 1.82) is 0 Å². The molecule has 4 aromatic carbocycles. The number of aryl methyl sites for hydroxylation is 4. The van der Waals surface area contributed by atoms with E-state index in [2.05, 4.69) is 42.5 Å². The molecule has 436 valence electrons. The number of anilines is 3. The Hall–Kier alpha value is -5.23. The van der Waals surface area contributed by atoms with Crippen LogP contribution in [0.5, 0.6) is 0 Å². The molecule has 4 saturated carbocycles. The third-order valence-corrected chi connectivity index (χ3v) is 21.6. The lowest BCUT2D eigenvalue weighted by atomic mass is 9.88. The molecule has 8 N–H and O–H groups in total. The molecule has 5 aromatic rings. The molecule has 0 bridgehead atoms. The average Bonchev–Trinajstić information content (AvgIpc) is 4.45. The summed E-state index contributed by atoms with van der Waals surface area (Å²) in [5.74, 6) is 1.62. The number of sulfone groups is 1. The fourth-order valence-corrected chi connectivity index (χ4v) is 16.5. The molecule has 0 amide bonds. The van der Waals surface area contributed by atoms with Crippen LogP contribution in [0.1, 0.15) is 231 Å². The van der Waals surface area contributed by atoms with E-state index in [1.54, 1.807) is 13.8 Å². The van der Waals surface area contributed by atoms with E-state index < -0.39 is 21.2 Å². The zero-order chi connectivity index (χ0) is 56.8. The Morgan fingerprint density at radius 3 is 1.62 bits per heavy atom. The van der Waals surface area contributed by atoms with Gasteiger partial charge in [-0.25, -0.2) is 8.42 Å². The van der Waals surface area contributed by atoms with E-state index >= 15 is 0 Å². The van der Waals surface area contributed by atoms with Crippen LogP contribution in [0.4, 0.5) is 17.1 Å². The zero-order valence-corrected chi connectivity index (χ0v) is 49.7. The summed E-state index contributed by atoms with van der Waals surface area (Å²) < 4.78 is 30.7. The summed E-state index contributed by atoms with van der Waals surface area (Å²) >= 11 is 0. The SMILES string of the molecule is CC(C)(O)c1coc(S(=O)(=O)CC(=O)Cc2c(CC3CCCC3)ccc3c2CCC3)c1.Nc1c(C(=O)C2CCCC2)ccc2c1CCC2.Nc1c(C(O)C2CCCC2)ccc2c1CCC2.Nc1c(CC2CCCC2)ccc2c1CCC2. The van der Waals surface area contributed by atoms with Crippen molar-refractivity contribution < 1.29 is 32.6 Å². The van der Waals surface area contributed by atoms with Crippen LogP contribution < -0.4 is 17.2 Å². The molecule has 0 spiro atoms. The highest BCUT2D eigenvalue weighted by Gasteiger charge is 2.32. The summed E-state index contributed by atoms with van der Waals surface area (Å²) in [5, 5.41) is 20.3. The molecule has 11 heteroatoms. The quantitative estimate of drug-likeness (QED) is 0.0526. The minimum absolute atomic E-state index is 0.156. The first-order valence-corrected chi connectivity index (χ1v) is 33.3. The topological polar surface area (TPSA) is 200 Å². The predicted molar refractivity (Wildman–Crippen MR) is 326 cm³/mol. The summed E-state index contributed by atoms with van der Waals surface area (Å²) in [6.07, 6.45) is 36.9. The maximum atomic E-state index is 12.9. The molecule has 81 heavy (non-hydrogen) atoms. The van der Waals surface area contributed by atoms with Crippen LogP contribution in [-0.2, 0) is 90.9 Å². The van der Waals surface area contributed by atoms with E-state index in [0.29, 0.717) is 17.4 Å². The van der Waals surface area contributed by atoms with E-state index in [1.807, 2.05) is 6.07 Å². The lowest BCUT2D eigenvalue weighted by molar-refractivity contribution is -0.116. The number of aliphatic hydroxyl groups excluding tert-OH is 1. The highest BCUT2D eigenvalue weighted by atomic mass is 32.2. The van der Waals surface area contributed by atoms with Crippen molar-refractivity contribution in [3.63, 3.8) is 0 Å². The van der Waals surface area contributed by atoms with Crippen molar-refractivity contribution in [2.24, 2.45) is 23.7 Å². The molecule has 1 atom stereocenters. The molecular formula is C70H93N3O7S. The van der Waals surface area contributed by atoms with Gasteiger partial charge in [-0.15, -0.1) is 0 Å². The number of benzene rings is 4. The summed E-state index contributed by atoms with van der Waals surface area (Å²) in [7, 11) is -3.90. The first kappa shape index (κ1) is 58.9. The van der Waals surface area contributed by atoms with Crippen molar-refractivity contribution in [2.45, 2.75) is 230 Å². The van der Waals surface area contributed by atoms with Crippen LogP contribution in [0.3, 0.4) is 0 Å². The number of hydrogen-bond acceptors (Lipinski definition) is 10. The fraction of sp³-hybridized carbons (Fsp3) is 0.571. The van der Waals surface area contributed by atoms with Crippen molar-refractivity contribution in [3.05, 3.63) is 139 Å². The standard InChI is InChI=1S/C25H32O5S.C15H21NO.C15H19NO.C15H21N/c1-25(2,27)20-13-24(30-15-20)31(28,29)16-21(26)14-23-19(12-17-6-3-4-7-17)11-10-18-8-5-9-22(18)23;2*16-14-12-7-3-6-10(12)8-9-13(14)15(17)11-4-1-2-5-11;16-15-13(10-11-4-1-2-5-11)9-8-12-6-3-7-14(12)15/h10-11,13,15,17,27H,3-9,12,14,16H2,1-2H3;8-9,11,15,17H,1-7,16H2;8-9,11H,1-7,16H2;8-9,11H,1-7,10,16H2. The highest BCUT2D eigenvalue weighted by molar-refractivity contribution is 7.92. The Labute approximate surface area is 483 Å². The Morgan fingerprint density at radius 2 is 1.05 bits per heavy atom. The second kappa shape index (κ2) is 26.1. The molecule has 0 saturated heterocycles. The number of aliphatic hydroxyl groups is 2. The second-order valence-corrected chi connectivity index (χ2v) is 28.1. The largest absolute Gasteiger partial charge is 0.453 e. The third kappa shape index (κ3) is 13.9. The van der Waals surface area contributed by atoms with Gasteiger partial charge < -0.3 is 31.8 Å². The average molecular weight is 1120 g/mol. The fourth-order valence-electron chi connectivity index (χ4n) is 15.3. The first-order chi connectivity index (χ1) is 39.0. The molecule has 0 aliphatic heterocycles. The van der Waals surface area contributed by atoms with Crippen molar-refractivity contribution in [2.75, 3.05) is 23.0 Å². The van der Waals surface area contributed by atoms with Gasteiger partial charge in [0.15, 0.2) is 11.6 Å². The molecular weight excluding hydrogens is 1030 g/mol. The third-order valence-electron chi connectivity index (χ3n) is 20.0. The number of ketones is 2. The number of fused-ring (bicyclic) bond motifs is 4. The molecule has 8 aliphatic carbocycles. The lowest BCUT2D eigenvalue weighted by Crippen LogP contribution is -2.20. The monoisotopic (exact) mass is 1120 g/mol. The van der Waals surface area contributed by atoms with Gasteiger partial charge >= 0.3 is 0 Å². The van der Waals surface area contributed by atoms with E-state index in [0.717, 1.165) is 117 Å². The highest BCUT2D eigenvalue weighted by Crippen LogP contribution is 2.42. The van der Waals surface area contributed by atoms with Gasteiger partial charge in [0.2, 0.25) is 14.9 Å². The molecule has 1 unspecified atom stereocenters. The molecule has 10 nitrogen and oxygen atoms in total. The molecule has 4 fully saturated rings. The number of nitrogen functional groups attached to an aromatic ring is 3. The maximum absolute atomic E-state index is 12.9. The summed E-state index contributed by atoms with van der Waals surface area (Å²) in [6.45, 7) is 3.11. The summed E-state index contributed by atoms with van der Waals surface area (Å²) in [5.41, 5.74) is 37.0. The van der Waals surface area contributed by atoms with E-state index in [4.69, 9.17) is 21.6 Å². The van der Waals surface area contributed by atoms with Gasteiger partial charge in [-0.1, -0.05) is 120 Å². The van der Waals surface area contributed by atoms with Gasteiger partial charge in [0.1, 0.15) is 5.75 Å². The van der Waals surface area contributed by atoms with E-state index in [9.17, 15) is 28.2 Å². The van der Waals surface area contributed by atoms with Gasteiger partial charge in [-0.2, -0.15) is 0 Å². The van der Waals surface area contributed by atoms with Gasteiger partial charge in [0.05, 0.1) is 18.0 Å². The van der Waals surface area contributed by atoms with Gasteiger partial charge in [-0.05, 0) is 214 Å². The van der Waals surface area contributed by atoms with Crippen LogP contribution in [0.15, 0.2) is 70.4 Å². The normalized spacial score (nSPS) is 19.3. The maximum Gasteiger partial charge on any atom is 0.218 e. The minimum atomic E-state index is -3.90. The van der Waals surface area contributed by atoms with Crippen LogP contribution in [0.25, 0.3) is 0 Å². The first-order valence-electron chi connectivity index (χ1n) is 31.6. The van der Waals surface area contributed by atoms with Crippen LogP contribution in [-0.4, -0.2) is 36.0 Å². The van der Waals surface area contributed by atoms with Crippen molar-refractivity contribution in [1.82, 2.24) is 0 Å². The predicted octanol–water partition coefficient (Wildman–Crippen LogP) is 13.9. The number of carbonyl (C=O) groups excluding carboxylic acids is 2. The molecule has 13 rings (SSSR count). The van der Waals surface area contributed by atoms with Crippen LogP contribution >= 0.6 is 0 Å². The Morgan fingerprint density at radius 1 is 0.580 bits per heavy atom. The van der Waals surface area contributed by atoms with Crippen molar-refractivity contribution in [3.8, 4) is 0 Å². The zero-order valence-electron chi connectivity index (χ0n) is 48.9. The lowest BCUT2D eigenvalue weighted by Gasteiger charge is -2.21. The smallest absolute Gasteiger partial charge is 0.218 e. The Balaban J connectivity index is 0.000000127. The number of Topliss-reactive ketones (excluding diaryl/α,β-unsaturated/α-hetero) is 2. The minimum Gasteiger partial charge on any atom is -0.453 e. The second-order valence-electron chi connectivity index (χ2n) is 26.1. The van der Waals surface area contributed by atoms with Crippen molar-refractivity contribution >= 4 is 38.5 Å². The number of carbonyl (C=O) groups is 2. The number of hydrogen-bond donors (Lipinski definition) is 5. The number of furan rings is 1. The number of rotatable bonds is 14. The van der Waals surface area contributed by atoms with Gasteiger partial charge in [0.25, 0.3) is 0 Å². The number of nitrogens with two attached hydrogens (primary N) is 3. The van der Waals surface area contributed by atoms with Gasteiger partial charge in [-0.3, -0.25) is 9.59 Å². The summed E-state index contributed by atoms with van der Waals surface area (Å²) in [6, 6.07) is 18.6. The van der Waals surface area contributed by atoms with Crippen LogP contribution in [0.2, 0.25) is 0 Å². The Kier molecular flexibility index (Phi) is 19.0. The van der Waals surface area contributed by atoms with E-state index in [-0.39, 0.29) is 35.1 Å². The molecule has 0 radical (unpaired) electrons. The molecule has 1 aromatic heterocycles. The summed E-state index contributed by atoms with van der Waals surface area (Å²) in [4.78, 5) is 25.3. The van der Waals surface area contributed by atoms with Gasteiger partial charge in [0, 0.05) is 52.2 Å².